The highest BCUT2D eigenvalue weighted by Crippen LogP contribution is 2.24. The van der Waals surface area contributed by atoms with Crippen molar-refractivity contribution in [3.8, 4) is 0 Å². The average molecular weight is 388 g/mol. The van der Waals surface area contributed by atoms with Crippen LogP contribution >= 0.6 is 0 Å². The molecule has 1 N–H and O–H groups in total. The van der Waals surface area contributed by atoms with Gasteiger partial charge in [-0.1, -0.05) is 0 Å². The zero-order valence-electron chi connectivity index (χ0n) is 16.1. The second-order valence-corrected chi connectivity index (χ2v) is 6.75. The van der Waals surface area contributed by atoms with Crippen LogP contribution in [0.5, 0.6) is 0 Å². The number of ether oxygens (including phenoxy) is 1. The number of hydrogen-bond donors (Lipinski definition) is 1. The first-order valence-corrected chi connectivity index (χ1v) is 9.18. The number of allylic oxidation sites excluding steroid dienone is 3. The van der Waals surface area contributed by atoms with E-state index in [0.29, 0.717) is 23.5 Å². The molecule has 0 amide bonds. The molecule has 28 heavy (non-hydrogen) atoms. The predicted molar refractivity (Wildman–Crippen MR) is 102 cm³/mol. The van der Waals surface area contributed by atoms with Gasteiger partial charge in [0.15, 0.2) is 0 Å². The van der Waals surface area contributed by atoms with Crippen LogP contribution in [0.25, 0.3) is 0 Å². The first-order chi connectivity index (χ1) is 13.5. The Hall–Kier alpha value is -3.01. The number of rotatable bonds is 6. The van der Waals surface area contributed by atoms with E-state index in [9.17, 15) is 14.9 Å². The number of hydrogen-bond acceptors (Lipinski definition) is 9. The standard InChI is InChI=1S/C18H24N6O4/c1-13-15(12-16(24(26)27)14(2)21-13)17(25)28-11-10-22-6-8-23(9-7-22)18-19-4-3-5-20-18/h3-5,21H,6-12H2,1-2H3. The minimum absolute atomic E-state index is 0.00296. The molecule has 0 radical (unpaired) electrons. The van der Waals surface area contributed by atoms with E-state index < -0.39 is 10.9 Å². The van der Waals surface area contributed by atoms with Gasteiger partial charge in [-0.2, -0.15) is 0 Å². The van der Waals surface area contributed by atoms with E-state index in [1.54, 1.807) is 32.3 Å². The molecule has 1 saturated heterocycles. The van der Waals surface area contributed by atoms with E-state index in [2.05, 4.69) is 25.1 Å². The van der Waals surface area contributed by atoms with Crippen molar-refractivity contribution in [1.29, 1.82) is 0 Å². The van der Waals surface area contributed by atoms with Gasteiger partial charge in [-0.25, -0.2) is 14.8 Å². The number of carbonyl (C=O) groups is 1. The largest absolute Gasteiger partial charge is 0.461 e. The van der Waals surface area contributed by atoms with Crippen molar-refractivity contribution in [3.05, 3.63) is 51.2 Å². The maximum absolute atomic E-state index is 12.4. The van der Waals surface area contributed by atoms with Gasteiger partial charge in [0.05, 0.1) is 22.6 Å². The third kappa shape index (κ3) is 4.63. The lowest BCUT2D eigenvalue weighted by atomic mass is 10.0. The van der Waals surface area contributed by atoms with Gasteiger partial charge in [0.1, 0.15) is 6.61 Å². The molecule has 150 valence electrons. The summed E-state index contributed by atoms with van der Waals surface area (Å²) in [5, 5.41) is 14.0. The minimum Gasteiger partial charge on any atom is -0.461 e. The molecular weight excluding hydrogens is 364 g/mol. The van der Waals surface area contributed by atoms with Crippen LogP contribution in [0.2, 0.25) is 0 Å². The van der Waals surface area contributed by atoms with Crippen molar-refractivity contribution in [1.82, 2.24) is 20.2 Å². The van der Waals surface area contributed by atoms with Crippen molar-refractivity contribution in [2.45, 2.75) is 20.3 Å². The summed E-state index contributed by atoms with van der Waals surface area (Å²) in [4.78, 5) is 35.8. The van der Waals surface area contributed by atoms with Gasteiger partial charge in [-0.05, 0) is 19.9 Å². The van der Waals surface area contributed by atoms with Crippen LogP contribution in [0.1, 0.15) is 20.3 Å². The lowest BCUT2D eigenvalue weighted by molar-refractivity contribution is -0.428. The Labute approximate surface area is 163 Å². The zero-order chi connectivity index (χ0) is 20.1. The quantitative estimate of drug-likeness (QED) is 0.431. The number of carbonyl (C=O) groups excluding carboxylic acids is 1. The molecule has 0 aromatic carbocycles. The summed E-state index contributed by atoms with van der Waals surface area (Å²) in [6, 6.07) is 1.79. The molecular formula is C18H24N6O4. The number of piperazine rings is 1. The van der Waals surface area contributed by atoms with E-state index in [4.69, 9.17) is 4.74 Å². The van der Waals surface area contributed by atoms with Crippen LogP contribution in [-0.4, -0.2) is 65.1 Å². The van der Waals surface area contributed by atoms with Crippen molar-refractivity contribution < 1.29 is 14.5 Å². The summed E-state index contributed by atoms with van der Waals surface area (Å²) in [6.07, 6.45) is 3.43. The topological polar surface area (TPSA) is 114 Å². The molecule has 0 atom stereocenters. The van der Waals surface area contributed by atoms with Crippen molar-refractivity contribution >= 4 is 11.9 Å². The van der Waals surface area contributed by atoms with Crippen molar-refractivity contribution in [2.75, 3.05) is 44.2 Å². The smallest absolute Gasteiger partial charge is 0.336 e. The summed E-state index contributed by atoms with van der Waals surface area (Å²) in [5.74, 6) is 0.221. The number of nitrogens with one attached hydrogen (secondary N) is 1. The van der Waals surface area contributed by atoms with E-state index in [-0.39, 0.29) is 18.7 Å². The fraction of sp³-hybridized carbons (Fsp3) is 0.500. The Bertz CT molecular complexity index is 800. The molecule has 10 nitrogen and oxygen atoms in total. The molecule has 0 unspecified atom stereocenters. The van der Waals surface area contributed by atoms with Gasteiger partial charge in [0.2, 0.25) is 5.95 Å². The second kappa shape index (κ2) is 8.79. The number of esters is 1. The predicted octanol–water partition coefficient (Wildman–Crippen LogP) is 0.917. The molecule has 1 fully saturated rings. The molecule has 0 bridgehead atoms. The van der Waals surface area contributed by atoms with Crippen molar-refractivity contribution in [3.63, 3.8) is 0 Å². The van der Waals surface area contributed by atoms with Gasteiger partial charge in [0.25, 0.3) is 5.70 Å². The van der Waals surface area contributed by atoms with Gasteiger partial charge in [-0.3, -0.25) is 15.0 Å². The van der Waals surface area contributed by atoms with Gasteiger partial charge in [0, 0.05) is 50.8 Å². The van der Waals surface area contributed by atoms with Gasteiger partial charge < -0.3 is 15.0 Å². The van der Waals surface area contributed by atoms with E-state index in [0.717, 1.165) is 32.1 Å². The maximum atomic E-state index is 12.4. The molecule has 10 heteroatoms. The molecule has 2 aliphatic rings. The fourth-order valence-electron chi connectivity index (χ4n) is 3.27. The van der Waals surface area contributed by atoms with Crippen molar-refractivity contribution in [2.24, 2.45) is 0 Å². The van der Waals surface area contributed by atoms with E-state index in [1.807, 2.05) is 0 Å². The maximum Gasteiger partial charge on any atom is 0.336 e. The van der Waals surface area contributed by atoms with Gasteiger partial charge >= 0.3 is 5.97 Å². The molecule has 3 rings (SSSR count). The summed E-state index contributed by atoms with van der Waals surface area (Å²) in [6.45, 7) is 7.48. The highest BCUT2D eigenvalue weighted by atomic mass is 16.6. The summed E-state index contributed by atoms with van der Waals surface area (Å²) in [5.41, 5.74) is 1.36. The number of nitro groups is 1. The Morgan fingerprint density at radius 3 is 2.54 bits per heavy atom. The number of aromatic nitrogens is 2. The highest BCUT2D eigenvalue weighted by molar-refractivity contribution is 5.90. The third-order valence-corrected chi connectivity index (χ3v) is 4.92. The lowest BCUT2D eigenvalue weighted by Gasteiger charge is -2.34. The van der Waals surface area contributed by atoms with Crippen LogP contribution in [0.15, 0.2) is 41.1 Å². The highest BCUT2D eigenvalue weighted by Gasteiger charge is 2.29. The minimum atomic E-state index is -0.506. The Morgan fingerprint density at radius 2 is 1.89 bits per heavy atom. The normalized spacial score (nSPS) is 18.1. The summed E-state index contributed by atoms with van der Waals surface area (Å²) < 4.78 is 5.37. The molecule has 2 aliphatic heterocycles. The van der Waals surface area contributed by atoms with Gasteiger partial charge in [-0.15, -0.1) is 0 Å². The van der Waals surface area contributed by atoms with Crippen LogP contribution in [0.3, 0.4) is 0 Å². The lowest BCUT2D eigenvalue weighted by Crippen LogP contribution is -2.48. The van der Waals surface area contributed by atoms with E-state index >= 15 is 0 Å². The molecule has 0 spiro atoms. The third-order valence-electron chi connectivity index (χ3n) is 4.92. The molecule has 0 aliphatic carbocycles. The first kappa shape index (κ1) is 19.7. The summed E-state index contributed by atoms with van der Waals surface area (Å²) >= 11 is 0. The Balaban J connectivity index is 1.44. The second-order valence-electron chi connectivity index (χ2n) is 6.75. The van der Waals surface area contributed by atoms with Crippen LogP contribution in [0, 0.1) is 10.1 Å². The number of anilines is 1. The molecule has 1 aromatic rings. The molecule has 3 heterocycles. The SMILES string of the molecule is CC1=C(C(=O)OCCN2CCN(c3ncccn3)CC2)CC([N+](=O)[O-])=C(C)N1. The monoisotopic (exact) mass is 388 g/mol. The number of nitrogens with zero attached hydrogens (tertiary/aromatic N) is 5. The Morgan fingerprint density at radius 1 is 1.21 bits per heavy atom. The molecule has 1 aromatic heterocycles. The van der Waals surface area contributed by atoms with Crippen LogP contribution in [-0.2, 0) is 9.53 Å². The van der Waals surface area contributed by atoms with E-state index in [1.165, 1.54) is 0 Å². The zero-order valence-corrected chi connectivity index (χ0v) is 16.1. The first-order valence-electron chi connectivity index (χ1n) is 9.18. The summed E-state index contributed by atoms with van der Waals surface area (Å²) in [7, 11) is 0. The fourth-order valence-corrected chi connectivity index (χ4v) is 3.27. The Kier molecular flexibility index (Phi) is 6.19. The van der Waals surface area contributed by atoms with Crippen LogP contribution in [0.4, 0.5) is 5.95 Å². The average Bonchev–Trinajstić information content (AvgIpc) is 2.69. The molecule has 0 saturated carbocycles. The number of dihydropyridines is 1. The van der Waals surface area contributed by atoms with Crippen LogP contribution < -0.4 is 10.2 Å².